The highest BCUT2D eigenvalue weighted by Crippen LogP contribution is 2.29. The smallest absolute Gasteiger partial charge is 0.311 e. The maximum atomic E-state index is 12.2. The topological polar surface area (TPSA) is 61.4 Å². The maximum Gasteiger partial charge on any atom is 0.311 e. The minimum atomic E-state index is -0.419. The van der Waals surface area contributed by atoms with Gasteiger partial charge in [-0.2, -0.15) is 0 Å². The summed E-state index contributed by atoms with van der Waals surface area (Å²) in [7, 11) is 0. The Kier molecular flexibility index (Phi) is 5.40. The lowest BCUT2D eigenvalue weighted by Gasteiger charge is -2.34. The predicted octanol–water partition coefficient (Wildman–Crippen LogP) is 0.749. The monoisotopic (exact) mass is 281 g/mol. The van der Waals surface area contributed by atoms with Gasteiger partial charge in [-0.15, -0.1) is 0 Å². The Bertz CT molecular complexity index is 351. The van der Waals surface area contributed by atoms with Gasteiger partial charge in [-0.3, -0.25) is 9.59 Å². The largest absolute Gasteiger partial charge is 0.345 e. The van der Waals surface area contributed by atoms with Crippen molar-refractivity contribution in [3.05, 3.63) is 0 Å². The van der Waals surface area contributed by atoms with Crippen molar-refractivity contribution in [3.8, 4) is 0 Å². The summed E-state index contributed by atoms with van der Waals surface area (Å²) in [5, 5.41) is 6.21. The summed E-state index contributed by atoms with van der Waals surface area (Å²) in [6.07, 6.45) is 4.26. The number of hydrogen-bond acceptors (Lipinski definition) is 3. The standard InChI is InChI=1S/C15H27N3O2/c1-11-5-3-6-13(12(11)2)17-14(19)15(20)18-9-4-7-16-8-10-18/h11-13,16H,3-10H2,1-2H3,(H,17,19). The molecule has 0 radical (unpaired) electrons. The summed E-state index contributed by atoms with van der Waals surface area (Å²) in [6, 6.07) is 0.153. The van der Waals surface area contributed by atoms with Crippen LogP contribution in [0.2, 0.25) is 0 Å². The number of carbonyl (C=O) groups is 2. The van der Waals surface area contributed by atoms with Gasteiger partial charge in [-0.1, -0.05) is 26.7 Å². The first-order valence-corrected chi connectivity index (χ1v) is 7.90. The van der Waals surface area contributed by atoms with Gasteiger partial charge < -0.3 is 15.5 Å². The molecule has 3 atom stereocenters. The molecule has 1 heterocycles. The molecular formula is C15H27N3O2. The minimum Gasteiger partial charge on any atom is -0.345 e. The first-order chi connectivity index (χ1) is 9.59. The highest BCUT2D eigenvalue weighted by Gasteiger charge is 2.31. The Morgan fingerprint density at radius 2 is 1.90 bits per heavy atom. The summed E-state index contributed by atoms with van der Waals surface area (Å²) in [5.74, 6) is 0.287. The fraction of sp³-hybridized carbons (Fsp3) is 0.867. The van der Waals surface area contributed by atoms with Crippen molar-refractivity contribution in [1.82, 2.24) is 15.5 Å². The van der Waals surface area contributed by atoms with Gasteiger partial charge in [0.1, 0.15) is 0 Å². The van der Waals surface area contributed by atoms with Crippen LogP contribution in [0.1, 0.15) is 39.5 Å². The Labute approximate surface area is 121 Å². The molecular weight excluding hydrogens is 254 g/mol. The van der Waals surface area contributed by atoms with Crippen molar-refractivity contribution in [2.45, 2.75) is 45.6 Å². The zero-order chi connectivity index (χ0) is 14.5. The van der Waals surface area contributed by atoms with Gasteiger partial charge in [0.15, 0.2) is 0 Å². The van der Waals surface area contributed by atoms with Crippen LogP contribution in [-0.4, -0.2) is 48.9 Å². The van der Waals surface area contributed by atoms with E-state index in [-0.39, 0.29) is 11.9 Å². The molecule has 0 aromatic rings. The van der Waals surface area contributed by atoms with E-state index in [1.54, 1.807) is 4.90 Å². The third-order valence-electron chi connectivity index (χ3n) is 4.84. The van der Waals surface area contributed by atoms with Gasteiger partial charge in [0, 0.05) is 25.7 Å². The average Bonchev–Trinajstić information content (AvgIpc) is 2.72. The van der Waals surface area contributed by atoms with Gasteiger partial charge in [-0.25, -0.2) is 0 Å². The second-order valence-electron chi connectivity index (χ2n) is 6.24. The third kappa shape index (κ3) is 3.72. The second kappa shape index (κ2) is 7.07. The van der Waals surface area contributed by atoms with Gasteiger partial charge in [0.2, 0.25) is 0 Å². The summed E-state index contributed by atoms with van der Waals surface area (Å²) in [5.41, 5.74) is 0. The van der Waals surface area contributed by atoms with Crippen LogP contribution in [0, 0.1) is 11.8 Å². The van der Waals surface area contributed by atoms with Gasteiger partial charge >= 0.3 is 11.8 Å². The summed E-state index contributed by atoms with van der Waals surface area (Å²) >= 11 is 0. The number of hydrogen-bond donors (Lipinski definition) is 2. The normalized spacial score (nSPS) is 31.5. The number of rotatable bonds is 1. The molecule has 0 aromatic heterocycles. The van der Waals surface area contributed by atoms with E-state index in [4.69, 9.17) is 0 Å². The summed E-state index contributed by atoms with van der Waals surface area (Å²) in [4.78, 5) is 26.0. The number of carbonyl (C=O) groups excluding carboxylic acids is 2. The summed E-state index contributed by atoms with van der Waals surface area (Å²) < 4.78 is 0. The Morgan fingerprint density at radius 1 is 1.10 bits per heavy atom. The van der Waals surface area contributed by atoms with Crippen LogP contribution in [0.15, 0.2) is 0 Å². The van der Waals surface area contributed by atoms with E-state index in [1.165, 1.54) is 6.42 Å². The van der Waals surface area contributed by atoms with Crippen molar-refractivity contribution >= 4 is 11.8 Å². The van der Waals surface area contributed by atoms with Gasteiger partial charge in [-0.05, 0) is 31.2 Å². The number of nitrogens with one attached hydrogen (secondary N) is 2. The fourth-order valence-electron chi connectivity index (χ4n) is 3.21. The molecule has 1 aliphatic heterocycles. The second-order valence-corrected chi connectivity index (χ2v) is 6.24. The van der Waals surface area contributed by atoms with Crippen LogP contribution in [0.25, 0.3) is 0 Å². The van der Waals surface area contributed by atoms with E-state index >= 15 is 0 Å². The SMILES string of the molecule is CC1CCCC(NC(=O)C(=O)N2CCCNCC2)C1C. The lowest BCUT2D eigenvalue weighted by Crippen LogP contribution is -2.50. The highest BCUT2D eigenvalue weighted by atomic mass is 16.2. The maximum absolute atomic E-state index is 12.2. The highest BCUT2D eigenvalue weighted by molar-refractivity contribution is 6.35. The van der Waals surface area contributed by atoms with Crippen LogP contribution in [-0.2, 0) is 9.59 Å². The lowest BCUT2D eigenvalue weighted by atomic mass is 9.78. The molecule has 2 aliphatic rings. The molecule has 1 aliphatic carbocycles. The van der Waals surface area contributed by atoms with Crippen LogP contribution in [0.4, 0.5) is 0 Å². The Hall–Kier alpha value is -1.10. The van der Waals surface area contributed by atoms with Crippen molar-refractivity contribution in [2.24, 2.45) is 11.8 Å². The third-order valence-corrected chi connectivity index (χ3v) is 4.84. The van der Waals surface area contributed by atoms with E-state index in [9.17, 15) is 9.59 Å². The summed E-state index contributed by atoms with van der Waals surface area (Å²) in [6.45, 7) is 7.40. The van der Waals surface area contributed by atoms with E-state index in [1.807, 2.05) is 0 Å². The molecule has 5 heteroatoms. The minimum absolute atomic E-state index is 0.153. The van der Waals surface area contributed by atoms with Crippen molar-refractivity contribution < 1.29 is 9.59 Å². The van der Waals surface area contributed by atoms with Crippen molar-refractivity contribution in [3.63, 3.8) is 0 Å². The first-order valence-electron chi connectivity index (χ1n) is 7.90. The van der Waals surface area contributed by atoms with Crippen LogP contribution in [0.5, 0.6) is 0 Å². The lowest BCUT2D eigenvalue weighted by molar-refractivity contribution is -0.146. The van der Waals surface area contributed by atoms with E-state index < -0.39 is 5.91 Å². The van der Waals surface area contributed by atoms with Gasteiger partial charge in [0.05, 0.1) is 0 Å². The molecule has 2 fully saturated rings. The molecule has 2 rings (SSSR count). The van der Waals surface area contributed by atoms with Crippen LogP contribution >= 0.6 is 0 Å². The molecule has 0 aromatic carbocycles. The van der Waals surface area contributed by atoms with Crippen molar-refractivity contribution in [1.29, 1.82) is 0 Å². The Balaban J connectivity index is 1.88. The van der Waals surface area contributed by atoms with E-state index in [0.29, 0.717) is 24.9 Å². The molecule has 2 N–H and O–H groups in total. The van der Waals surface area contributed by atoms with Gasteiger partial charge in [0.25, 0.3) is 0 Å². The molecule has 1 saturated heterocycles. The van der Waals surface area contributed by atoms with E-state index in [0.717, 1.165) is 32.4 Å². The predicted molar refractivity (Wildman–Crippen MR) is 78.2 cm³/mol. The number of amides is 2. The first kappa shape index (κ1) is 15.3. The number of nitrogens with zero attached hydrogens (tertiary/aromatic N) is 1. The van der Waals surface area contributed by atoms with E-state index in [2.05, 4.69) is 24.5 Å². The molecule has 114 valence electrons. The average molecular weight is 281 g/mol. The van der Waals surface area contributed by atoms with Crippen LogP contribution < -0.4 is 10.6 Å². The van der Waals surface area contributed by atoms with Crippen LogP contribution in [0.3, 0.4) is 0 Å². The molecule has 0 bridgehead atoms. The molecule has 20 heavy (non-hydrogen) atoms. The fourth-order valence-corrected chi connectivity index (χ4v) is 3.21. The molecule has 3 unspecified atom stereocenters. The quantitative estimate of drug-likeness (QED) is 0.697. The molecule has 1 saturated carbocycles. The zero-order valence-corrected chi connectivity index (χ0v) is 12.7. The molecule has 2 amide bonds. The Morgan fingerprint density at radius 3 is 2.70 bits per heavy atom. The molecule has 0 spiro atoms. The molecule has 5 nitrogen and oxygen atoms in total. The zero-order valence-electron chi connectivity index (χ0n) is 12.7. The van der Waals surface area contributed by atoms with Crippen molar-refractivity contribution in [2.75, 3.05) is 26.2 Å².